The number of aryl methyl sites for hydroxylation is 2. The summed E-state index contributed by atoms with van der Waals surface area (Å²) >= 11 is 0. The summed E-state index contributed by atoms with van der Waals surface area (Å²) in [6, 6.07) is 7.82. The lowest BCUT2D eigenvalue weighted by Crippen LogP contribution is -2.27. The topological polar surface area (TPSA) is 52.2 Å². The van der Waals surface area contributed by atoms with E-state index in [2.05, 4.69) is 17.0 Å². The Balaban J connectivity index is 2.57. The van der Waals surface area contributed by atoms with E-state index >= 15 is 0 Å². The van der Waals surface area contributed by atoms with Crippen LogP contribution in [0.3, 0.4) is 0 Å². The lowest BCUT2D eigenvalue weighted by Gasteiger charge is -2.09. The van der Waals surface area contributed by atoms with E-state index in [4.69, 9.17) is 0 Å². The molecule has 3 aromatic rings. The zero-order valence-electron chi connectivity index (χ0n) is 10.4. The van der Waals surface area contributed by atoms with Crippen molar-refractivity contribution in [2.75, 3.05) is 0 Å². The highest BCUT2D eigenvalue weighted by Gasteiger charge is 2.12. The quantitative estimate of drug-likeness (QED) is 0.688. The molecule has 0 spiro atoms. The van der Waals surface area contributed by atoms with Crippen LogP contribution >= 0.6 is 0 Å². The van der Waals surface area contributed by atoms with Crippen LogP contribution in [-0.2, 0) is 6.54 Å². The van der Waals surface area contributed by atoms with Crippen molar-refractivity contribution in [3.05, 3.63) is 40.6 Å². The van der Waals surface area contributed by atoms with Crippen LogP contribution < -0.4 is 5.69 Å². The summed E-state index contributed by atoms with van der Waals surface area (Å²) in [4.78, 5) is 16.7. The van der Waals surface area contributed by atoms with Crippen molar-refractivity contribution in [2.24, 2.45) is 0 Å². The highest BCUT2D eigenvalue weighted by molar-refractivity contribution is 5.91. The van der Waals surface area contributed by atoms with Gasteiger partial charge in [-0.3, -0.25) is 4.57 Å². The van der Waals surface area contributed by atoms with Crippen molar-refractivity contribution >= 4 is 16.6 Å². The Bertz CT molecular complexity index is 785. The van der Waals surface area contributed by atoms with Gasteiger partial charge in [0.1, 0.15) is 5.82 Å². The van der Waals surface area contributed by atoms with Gasteiger partial charge in [0.25, 0.3) is 0 Å². The molecule has 0 bridgehead atoms. The molecule has 1 aromatic carbocycles. The zero-order chi connectivity index (χ0) is 12.7. The van der Waals surface area contributed by atoms with Crippen molar-refractivity contribution in [2.45, 2.75) is 26.8 Å². The molecule has 0 N–H and O–H groups in total. The molecular weight excluding hydrogens is 228 g/mol. The number of benzene rings is 1. The minimum Gasteiger partial charge on any atom is -0.292 e. The van der Waals surface area contributed by atoms with Gasteiger partial charge in [-0.1, -0.05) is 19.1 Å². The first kappa shape index (κ1) is 11.0. The summed E-state index contributed by atoms with van der Waals surface area (Å²) in [5.74, 6) is 0.617. The van der Waals surface area contributed by atoms with Gasteiger partial charge in [0.15, 0.2) is 5.65 Å². The predicted molar refractivity (Wildman–Crippen MR) is 69.8 cm³/mol. The molecule has 2 heterocycles. The minimum atomic E-state index is -0.119. The Morgan fingerprint density at radius 3 is 2.83 bits per heavy atom. The molecule has 18 heavy (non-hydrogen) atoms. The average Bonchev–Trinajstić information content (AvgIpc) is 2.77. The molecule has 3 rings (SSSR count). The van der Waals surface area contributed by atoms with Crippen molar-refractivity contribution in [1.82, 2.24) is 19.2 Å². The van der Waals surface area contributed by atoms with Crippen LogP contribution in [0.4, 0.5) is 0 Å². The molecule has 0 amide bonds. The fourth-order valence-electron chi connectivity index (χ4n) is 2.28. The van der Waals surface area contributed by atoms with E-state index in [1.165, 1.54) is 4.52 Å². The van der Waals surface area contributed by atoms with Gasteiger partial charge >= 0.3 is 5.69 Å². The minimum absolute atomic E-state index is 0.119. The lowest BCUT2D eigenvalue weighted by atomic mass is 10.2. The molecule has 0 saturated carbocycles. The van der Waals surface area contributed by atoms with E-state index in [9.17, 15) is 4.79 Å². The molecule has 0 aliphatic carbocycles. The summed E-state index contributed by atoms with van der Waals surface area (Å²) in [5.41, 5.74) is 1.44. The molecule has 5 nitrogen and oxygen atoms in total. The number of fused-ring (bicyclic) bond motifs is 3. The molecule has 0 radical (unpaired) electrons. The summed E-state index contributed by atoms with van der Waals surface area (Å²) < 4.78 is 3.16. The Morgan fingerprint density at radius 1 is 1.28 bits per heavy atom. The number of rotatable bonds is 2. The van der Waals surface area contributed by atoms with Crippen LogP contribution in [0, 0.1) is 6.92 Å². The second kappa shape index (κ2) is 3.94. The third-order valence-electron chi connectivity index (χ3n) is 3.01. The first-order chi connectivity index (χ1) is 8.72. The summed E-state index contributed by atoms with van der Waals surface area (Å²) in [7, 11) is 0. The number of hydrogen-bond acceptors (Lipinski definition) is 3. The summed E-state index contributed by atoms with van der Waals surface area (Å²) in [6.07, 6.45) is 0.906. The predicted octanol–water partition coefficient (Wildman–Crippen LogP) is 1.76. The van der Waals surface area contributed by atoms with Crippen LogP contribution in [0.1, 0.15) is 19.2 Å². The molecule has 0 unspecified atom stereocenters. The van der Waals surface area contributed by atoms with Gasteiger partial charge in [0, 0.05) is 11.9 Å². The van der Waals surface area contributed by atoms with Gasteiger partial charge in [0.05, 0.1) is 5.52 Å². The molecule has 0 atom stereocenters. The second-order valence-electron chi connectivity index (χ2n) is 4.35. The maximum absolute atomic E-state index is 12.4. The Morgan fingerprint density at radius 2 is 2.06 bits per heavy atom. The number of nitrogens with zero attached hydrogens (tertiary/aromatic N) is 4. The van der Waals surface area contributed by atoms with Crippen molar-refractivity contribution in [3.8, 4) is 0 Å². The maximum atomic E-state index is 12.4. The third kappa shape index (κ3) is 1.44. The van der Waals surface area contributed by atoms with Crippen LogP contribution in [0.25, 0.3) is 16.6 Å². The van der Waals surface area contributed by atoms with Crippen molar-refractivity contribution in [3.63, 3.8) is 0 Å². The van der Waals surface area contributed by atoms with Crippen LogP contribution in [0.5, 0.6) is 0 Å². The second-order valence-corrected chi connectivity index (χ2v) is 4.35. The highest BCUT2D eigenvalue weighted by Crippen LogP contribution is 2.16. The molecule has 92 valence electrons. The van der Waals surface area contributed by atoms with E-state index in [0.29, 0.717) is 18.0 Å². The number of hydrogen-bond donors (Lipinski definition) is 0. The van der Waals surface area contributed by atoms with Gasteiger partial charge in [-0.2, -0.15) is 4.52 Å². The Kier molecular flexibility index (Phi) is 2.40. The molecular formula is C13H14N4O. The molecule has 0 saturated heterocycles. The maximum Gasteiger partial charge on any atom is 0.351 e. The van der Waals surface area contributed by atoms with E-state index < -0.39 is 0 Å². The Labute approximate surface area is 104 Å². The standard InChI is InChI=1S/C13H14N4O/c1-3-8-16-11-7-5-4-6-10(11)12-14-9(2)15-17(12)13(16)18/h4-7H,3,8H2,1-2H3. The zero-order valence-corrected chi connectivity index (χ0v) is 10.4. The number of para-hydroxylation sites is 1. The lowest BCUT2D eigenvalue weighted by molar-refractivity contribution is 0.637. The van der Waals surface area contributed by atoms with Crippen LogP contribution in [-0.4, -0.2) is 19.2 Å². The monoisotopic (exact) mass is 242 g/mol. The van der Waals surface area contributed by atoms with Gasteiger partial charge < -0.3 is 0 Å². The van der Waals surface area contributed by atoms with E-state index in [1.54, 1.807) is 11.5 Å². The van der Waals surface area contributed by atoms with Gasteiger partial charge in [-0.25, -0.2) is 9.78 Å². The number of aromatic nitrogens is 4. The van der Waals surface area contributed by atoms with Gasteiger partial charge in [0.2, 0.25) is 0 Å². The molecule has 2 aromatic heterocycles. The molecule has 0 fully saturated rings. The summed E-state index contributed by atoms with van der Waals surface area (Å²) in [5, 5.41) is 5.14. The highest BCUT2D eigenvalue weighted by atomic mass is 16.2. The van der Waals surface area contributed by atoms with E-state index in [-0.39, 0.29) is 5.69 Å². The normalized spacial score (nSPS) is 11.4. The van der Waals surface area contributed by atoms with Gasteiger partial charge in [-0.05, 0) is 25.5 Å². The summed E-state index contributed by atoms with van der Waals surface area (Å²) in [6.45, 7) is 4.54. The average molecular weight is 242 g/mol. The first-order valence-corrected chi connectivity index (χ1v) is 6.07. The van der Waals surface area contributed by atoms with E-state index in [1.807, 2.05) is 24.3 Å². The smallest absolute Gasteiger partial charge is 0.292 e. The molecule has 0 aliphatic rings. The van der Waals surface area contributed by atoms with Crippen molar-refractivity contribution in [1.29, 1.82) is 0 Å². The van der Waals surface area contributed by atoms with Crippen LogP contribution in [0.2, 0.25) is 0 Å². The first-order valence-electron chi connectivity index (χ1n) is 6.07. The largest absolute Gasteiger partial charge is 0.351 e. The Hall–Kier alpha value is -2.17. The van der Waals surface area contributed by atoms with Crippen LogP contribution in [0.15, 0.2) is 29.1 Å². The van der Waals surface area contributed by atoms with Crippen molar-refractivity contribution < 1.29 is 0 Å². The molecule has 5 heteroatoms. The fraction of sp³-hybridized carbons (Fsp3) is 0.308. The SMILES string of the molecule is CCCn1c(=O)n2nc(C)nc2c2ccccc21. The third-order valence-corrected chi connectivity index (χ3v) is 3.01. The molecule has 0 aliphatic heterocycles. The van der Waals surface area contributed by atoms with Gasteiger partial charge in [-0.15, -0.1) is 5.10 Å². The van der Waals surface area contributed by atoms with E-state index in [0.717, 1.165) is 17.3 Å². The fourth-order valence-corrected chi connectivity index (χ4v) is 2.28.